The number of benzene rings is 1. The zero-order chi connectivity index (χ0) is 9.97. The Balaban J connectivity index is 2.29. The summed E-state index contributed by atoms with van der Waals surface area (Å²) < 4.78 is 0.840. The van der Waals surface area contributed by atoms with Crippen LogP contribution in [0.2, 0.25) is 0 Å². The summed E-state index contributed by atoms with van der Waals surface area (Å²) in [5.41, 5.74) is 0.847. The molecule has 0 spiro atoms. The van der Waals surface area contributed by atoms with Crippen LogP contribution in [0, 0.1) is 3.01 Å². The van der Waals surface area contributed by atoms with E-state index in [1.54, 1.807) is 0 Å². The number of aliphatic hydroxyl groups is 1. The summed E-state index contributed by atoms with van der Waals surface area (Å²) in [6, 6.07) is 9.45. The fourth-order valence-corrected chi connectivity index (χ4v) is 2.47. The molecule has 5 heteroatoms. The molecule has 0 saturated heterocycles. The molecule has 0 aliphatic carbocycles. The molecule has 1 aromatic heterocycles. The lowest BCUT2D eigenvalue weighted by Crippen LogP contribution is -1.98. The lowest BCUT2D eigenvalue weighted by atomic mass is 10.1. The predicted octanol–water partition coefficient (Wildman–Crippen LogP) is 2.22. The molecule has 72 valence electrons. The van der Waals surface area contributed by atoms with Crippen LogP contribution in [0.5, 0.6) is 0 Å². The maximum atomic E-state index is 9.91. The van der Waals surface area contributed by atoms with Gasteiger partial charge in [-0.05, 0) is 28.2 Å². The van der Waals surface area contributed by atoms with E-state index in [0.717, 1.165) is 8.58 Å². The molecular weight excluding hydrogens is 311 g/mol. The maximum absolute atomic E-state index is 9.91. The lowest BCUT2D eigenvalue weighted by Gasteiger charge is -2.05. The Morgan fingerprint density at radius 1 is 1.21 bits per heavy atom. The molecule has 2 rings (SSSR count). The van der Waals surface area contributed by atoms with E-state index in [1.165, 1.54) is 11.3 Å². The van der Waals surface area contributed by atoms with Crippen LogP contribution < -0.4 is 0 Å². The summed E-state index contributed by atoms with van der Waals surface area (Å²) in [6.07, 6.45) is -0.655. The van der Waals surface area contributed by atoms with Gasteiger partial charge >= 0.3 is 0 Å². The van der Waals surface area contributed by atoms with Gasteiger partial charge in [0.05, 0.1) is 0 Å². The van der Waals surface area contributed by atoms with Gasteiger partial charge in [-0.3, -0.25) is 0 Å². The Kier molecular flexibility index (Phi) is 3.09. The first-order chi connectivity index (χ1) is 6.77. The van der Waals surface area contributed by atoms with Gasteiger partial charge in [-0.15, -0.1) is 10.2 Å². The SMILES string of the molecule is OC(c1ccccc1)c1nnc(I)s1. The van der Waals surface area contributed by atoms with Crippen molar-refractivity contribution in [2.24, 2.45) is 0 Å². The van der Waals surface area contributed by atoms with Crippen molar-refractivity contribution in [3.05, 3.63) is 43.9 Å². The molecule has 3 nitrogen and oxygen atoms in total. The van der Waals surface area contributed by atoms with Gasteiger partial charge in [-0.1, -0.05) is 41.7 Å². The minimum atomic E-state index is -0.655. The van der Waals surface area contributed by atoms with E-state index >= 15 is 0 Å². The largest absolute Gasteiger partial charge is 0.381 e. The van der Waals surface area contributed by atoms with E-state index in [-0.39, 0.29) is 0 Å². The van der Waals surface area contributed by atoms with Crippen LogP contribution in [-0.4, -0.2) is 15.3 Å². The lowest BCUT2D eigenvalue weighted by molar-refractivity contribution is 0.219. The molecule has 1 heterocycles. The van der Waals surface area contributed by atoms with Crippen molar-refractivity contribution in [3.63, 3.8) is 0 Å². The van der Waals surface area contributed by atoms with Crippen LogP contribution in [0.3, 0.4) is 0 Å². The first kappa shape index (κ1) is 10.0. The number of aliphatic hydroxyl groups excluding tert-OH is 1. The van der Waals surface area contributed by atoms with E-state index in [1.807, 2.05) is 30.3 Å². The topological polar surface area (TPSA) is 46.0 Å². The number of halogens is 1. The molecule has 1 aromatic carbocycles. The van der Waals surface area contributed by atoms with Crippen LogP contribution in [0.1, 0.15) is 16.7 Å². The number of aromatic nitrogens is 2. The van der Waals surface area contributed by atoms with Crippen LogP contribution in [0.4, 0.5) is 0 Å². The first-order valence-electron chi connectivity index (χ1n) is 3.99. The van der Waals surface area contributed by atoms with Gasteiger partial charge in [0.25, 0.3) is 0 Å². The highest BCUT2D eigenvalue weighted by molar-refractivity contribution is 14.1. The average molecular weight is 318 g/mol. The van der Waals surface area contributed by atoms with Crippen molar-refractivity contribution in [1.29, 1.82) is 0 Å². The molecule has 0 saturated carbocycles. The van der Waals surface area contributed by atoms with Crippen molar-refractivity contribution in [3.8, 4) is 0 Å². The Morgan fingerprint density at radius 3 is 2.50 bits per heavy atom. The van der Waals surface area contributed by atoms with Gasteiger partial charge < -0.3 is 5.11 Å². The third kappa shape index (κ3) is 2.10. The van der Waals surface area contributed by atoms with E-state index in [4.69, 9.17) is 0 Å². The fourth-order valence-electron chi connectivity index (χ4n) is 1.10. The Morgan fingerprint density at radius 2 is 1.93 bits per heavy atom. The summed E-state index contributed by atoms with van der Waals surface area (Å²) in [5.74, 6) is 0. The Bertz CT molecular complexity index is 418. The van der Waals surface area contributed by atoms with Crippen molar-refractivity contribution < 1.29 is 5.11 Å². The molecule has 0 aliphatic heterocycles. The number of hydrogen-bond acceptors (Lipinski definition) is 4. The second kappa shape index (κ2) is 4.33. The normalized spacial score (nSPS) is 12.7. The average Bonchev–Trinajstić information content (AvgIpc) is 2.65. The second-order valence-corrected chi connectivity index (χ2v) is 5.47. The van der Waals surface area contributed by atoms with Crippen molar-refractivity contribution in [1.82, 2.24) is 10.2 Å². The molecule has 1 N–H and O–H groups in total. The molecule has 0 fully saturated rings. The van der Waals surface area contributed by atoms with Gasteiger partial charge in [0.15, 0.2) is 8.02 Å². The predicted molar refractivity (Wildman–Crippen MR) is 63.1 cm³/mol. The van der Waals surface area contributed by atoms with Crippen LogP contribution in [-0.2, 0) is 0 Å². The van der Waals surface area contributed by atoms with Gasteiger partial charge in [0.2, 0.25) is 0 Å². The van der Waals surface area contributed by atoms with Gasteiger partial charge in [0.1, 0.15) is 6.10 Å². The highest BCUT2D eigenvalue weighted by Crippen LogP contribution is 2.24. The molecule has 2 aromatic rings. The van der Waals surface area contributed by atoms with Gasteiger partial charge in [-0.25, -0.2) is 0 Å². The number of hydrogen-bond donors (Lipinski definition) is 1. The van der Waals surface area contributed by atoms with E-state index in [0.29, 0.717) is 5.01 Å². The molecule has 0 radical (unpaired) electrons. The highest BCUT2D eigenvalue weighted by Gasteiger charge is 2.14. The van der Waals surface area contributed by atoms with Crippen molar-refractivity contribution in [2.75, 3.05) is 0 Å². The summed E-state index contributed by atoms with van der Waals surface area (Å²) in [5, 5.41) is 18.3. The molecular formula is C9H7IN2OS. The minimum absolute atomic E-state index is 0.639. The zero-order valence-electron chi connectivity index (χ0n) is 7.09. The number of rotatable bonds is 2. The van der Waals surface area contributed by atoms with Gasteiger partial charge in [0, 0.05) is 0 Å². The monoisotopic (exact) mass is 318 g/mol. The van der Waals surface area contributed by atoms with Crippen LogP contribution in [0.15, 0.2) is 30.3 Å². The summed E-state index contributed by atoms with van der Waals surface area (Å²) in [6.45, 7) is 0. The van der Waals surface area contributed by atoms with Crippen LogP contribution >= 0.6 is 33.9 Å². The van der Waals surface area contributed by atoms with E-state index < -0.39 is 6.10 Å². The van der Waals surface area contributed by atoms with Crippen LogP contribution in [0.25, 0.3) is 0 Å². The first-order valence-corrected chi connectivity index (χ1v) is 5.89. The maximum Gasteiger partial charge on any atom is 0.178 e. The van der Waals surface area contributed by atoms with E-state index in [9.17, 15) is 5.11 Å². The fraction of sp³-hybridized carbons (Fsp3) is 0.111. The smallest absolute Gasteiger partial charge is 0.178 e. The zero-order valence-corrected chi connectivity index (χ0v) is 10.1. The molecule has 1 unspecified atom stereocenters. The summed E-state index contributed by atoms with van der Waals surface area (Å²) >= 11 is 3.49. The third-order valence-electron chi connectivity index (χ3n) is 1.77. The number of nitrogens with zero attached hydrogens (tertiary/aromatic N) is 2. The Hall–Kier alpha value is -0.530. The van der Waals surface area contributed by atoms with Crippen molar-refractivity contribution in [2.45, 2.75) is 6.10 Å². The summed E-state index contributed by atoms with van der Waals surface area (Å²) in [7, 11) is 0. The molecule has 0 amide bonds. The standard InChI is InChI=1S/C9H7IN2OS/c10-9-12-11-8(14-9)7(13)6-4-2-1-3-5-6/h1-5,7,13H. The highest BCUT2D eigenvalue weighted by atomic mass is 127. The Labute approximate surface area is 99.0 Å². The second-order valence-electron chi connectivity index (χ2n) is 2.71. The molecule has 0 aliphatic rings. The van der Waals surface area contributed by atoms with Gasteiger partial charge in [-0.2, -0.15) is 0 Å². The summed E-state index contributed by atoms with van der Waals surface area (Å²) in [4.78, 5) is 0. The van der Waals surface area contributed by atoms with E-state index in [2.05, 4.69) is 32.8 Å². The molecule has 1 atom stereocenters. The molecule has 14 heavy (non-hydrogen) atoms. The van der Waals surface area contributed by atoms with Crippen molar-refractivity contribution >= 4 is 33.9 Å². The quantitative estimate of drug-likeness (QED) is 0.864. The minimum Gasteiger partial charge on any atom is -0.381 e. The third-order valence-corrected chi connectivity index (χ3v) is 3.41. The molecule has 0 bridgehead atoms.